The molecule has 4 rings (SSSR count). The number of rotatable bonds is 5. The normalized spacial score (nSPS) is 17.6. The molecule has 0 bridgehead atoms. The van der Waals surface area contributed by atoms with Crippen LogP contribution < -0.4 is 5.32 Å². The first-order valence-electron chi connectivity index (χ1n) is 11.9. The summed E-state index contributed by atoms with van der Waals surface area (Å²) in [6.07, 6.45) is 2.01. The third kappa shape index (κ3) is 5.04. The molecule has 0 saturated carbocycles. The van der Waals surface area contributed by atoms with Crippen LogP contribution in [-0.4, -0.2) is 60.9 Å². The van der Waals surface area contributed by atoms with Crippen molar-refractivity contribution in [3.05, 3.63) is 70.8 Å². The summed E-state index contributed by atoms with van der Waals surface area (Å²) in [5, 5.41) is 3.30. The number of piperazine rings is 1. The second-order valence-electron chi connectivity index (χ2n) is 9.20. The number of hydrogen-bond donors (Lipinski definition) is 1. The summed E-state index contributed by atoms with van der Waals surface area (Å²) < 4.78 is 0. The average molecular weight is 434 g/mol. The van der Waals surface area contributed by atoms with Crippen molar-refractivity contribution in [1.29, 1.82) is 0 Å². The Hall–Kier alpha value is -2.66. The van der Waals surface area contributed by atoms with Gasteiger partial charge in [0.2, 0.25) is 11.8 Å². The Morgan fingerprint density at radius 1 is 0.844 bits per heavy atom. The van der Waals surface area contributed by atoms with Crippen molar-refractivity contribution in [1.82, 2.24) is 15.1 Å². The van der Waals surface area contributed by atoms with Gasteiger partial charge in [0.15, 0.2) is 0 Å². The van der Waals surface area contributed by atoms with Crippen molar-refractivity contribution in [3.63, 3.8) is 0 Å². The average Bonchev–Trinajstić information content (AvgIpc) is 2.84. The molecule has 2 saturated heterocycles. The van der Waals surface area contributed by atoms with Crippen LogP contribution >= 0.6 is 0 Å². The predicted molar refractivity (Wildman–Crippen MR) is 128 cm³/mol. The molecule has 32 heavy (non-hydrogen) atoms. The number of nitrogens with zero attached hydrogens (tertiary/aromatic N) is 2. The van der Waals surface area contributed by atoms with Crippen LogP contribution in [0.5, 0.6) is 0 Å². The summed E-state index contributed by atoms with van der Waals surface area (Å²) in [6, 6.07) is 16.8. The lowest BCUT2D eigenvalue weighted by Gasteiger charge is -2.36. The lowest BCUT2D eigenvalue weighted by Crippen LogP contribution is -2.50. The zero-order valence-corrected chi connectivity index (χ0v) is 19.3. The van der Waals surface area contributed by atoms with E-state index in [4.69, 9.17) is 0 Å². The number of hydrogen-bond acceptors (Lipinski definition) is 3. The van der Waals surface area contributed by atoms with Gasteiger partial charge in [0.05, 0.1) is 0 Å². The summed E-state index contributed by atoms with van der Waals surface area (Å²) >= 11 is 0. The Labute approximate surface area is 191 Å². The van der Waals surface area contributed by atoms with Gasteiger partial charge in [-0.2, -0.15) is 0 Å². The van der Waals surface area contributed by atoms with Gasteiger partial charge >= 0.3 is 0 Å². The van der Waals surface area contributed by atoms with Gasteiger partial charge < -0.3 is 15.1 Å². The lowest BCUT2D eigenvalue weighted by atomic mass is 9.83. The molecule has 0 spiro atoms. The van der Waals surface area contributed by atoms with Crippen LogP contribution in [0.1, 0.15) is 47.4 Å². The Bertz CT molecular complexity index is 898. The molecule has 0 aliphatic carbocycles. The smallest absolute Gasteiger partial charge is 0.225 e. The number of likely N-dealkylation sites (tertiary alicyclic amines) is 1. The van der Waals surface area contributed by atoms with Crippen molar-refractivity contribution in [2.75, 3.05) is 39.3 Å². The van der Waals surface area contributed by atoms with Crippen molar-refractivity contribution in [2.24, 2.45) is 5.92 Å². The van der Waals surface area contributed by atoms with Gasteiger partial charge in [-0.05, 0) is 48.9 Å². The molecule has 5 heteroatoms. The first-order valence-corrected chi connectivity index (χ1v) is 11.9. The zero-order chi connectivity index (χ0) is 22.5. The molecular weight excluding hydrogens is 398 g/mol. The van der Waals surface area contributed by atoms with E-state index in [2.05, 4.69) is 67.7 Å². The van der Waals surface area contributed by atoms with E-state index in [1.807, 2.05) is 9.80 Å². The monoisotopic (exact) mass is 433 g/mol. The summed E-state index contributed by atoms with van der Waals surface area (Å²) in [6.45, 7) is 8.95. The van der Waals surface area contributed by atoms with Gasteiger partial charge in [0.1, 0.15) is 0 Å². The van der Waals surface area contributed by atoms with Gasteiger partial charge in [-0.25, -0.2) is 0 Å². The topological polar surface area (TPSA) is 52.7 Å². The van der Waals surface area contributed by atoms with Crippen molar-refractivity contribution >= 4 is 11.8 Å². The summed E-state index contributed by atoms with van der Waals surface area (Å²) in [5.74, 6) is 0.566. The molecule has 2 aromatic rings. The number of aryl methyl sites for hydroxylation is 2. The zero-order valence-electron chi connectivity index (χ0n) is 19.3. The van der Waals surface area contributed by atoms with Gasteiger partial charge in [-0.3, -0.25) is 9.59 Å². The highest BCUT2D eigenvalue weighted by molar-refractivity contribution is 5.81. The van der Waals surface area contributed by atoms with Crippen LogP contribution in [0.3, 0.4) is 0 Å². The molecule has 2 fully saturated rings. The fourth-order valence-corrected chi connectivity index (χ4v) is 5.17. The first kappa shape index (κ1) is 22.5. The molecule has 5 nitrogen and oxygen atoms in total. The maximum atomic E-state index is 13.4. The molecule has 0 atom stereocenters. The highest BCUT2D eigenvalue weighted by atomic mass is 16.2. The van der Waals surface area contributed by atoms with E-state index in [0.29, 0.717) is 19.5 Å². The molecule has 0 aromatic heterocycles. The lowest BCUT2D eigenvalue weighted by molar-refractivity contribution is -0.141. The van der Waals surface area contributed by atoms with Crippen LogP contribution in [0, 0.1) is 19.8 Å². The molecular formula is C27H35N3O2. The van der Waals surface area contributed by atoms with Crippen molar-refractivity contribution in [3.8, 4) is 0 Å². The Morgan fingerprint density at radius 2 is 1.38 bits per heavy atom. The fourth-order valence-electron chi connectivity index (χ4n) is 5.17. The minimum Gasteiger partial charge on any atom is -0.343 e. The van der Waals surface area contributed by atoms with Crippen LogP contribution in [-0.2, 0) is 9.59 Å². The van der Waals surface area contributed by atoms with Crippen LogP contribution in [0.15, 0.2) is 48.5 Å². The van der Waals surface area contributed by atoms with Crippen molar-refractivity contribution in [2.45, 2.75) is 39.0 Å². The number of benzene rings is 2. The quantitative estimate of drug-likeness (QED) is 0.785. The second kappa shape index (κ2) is 10.3. The van der Waals surface area contributed by atoms with E-state index in [1.165, 1.54) is 22.3 Å². The van der Waals surface area contributed by atoms with Gasteiger partial charge in [-0.1, -0.05) is 48.5 Å². The predicted octanol–water partition coefficient (Wildman–Crippen LogP) is 3.50. The van der Waals surface area contributed by atoms with E-state index in [-0.39, 0.29) is 23.7 Å². The van der Waals surface area contributed by atoms with Crippen molar-refractivity contribution < 1.29 is 9.59 Å². The highest BCUT2D eigenvalue weighted by Gasteiger charge is 2.32. The molecule has 2 aromatic carbocycles. The van der Waals surface area contributed by atoms with Gasteiger partial charge in [0.25, 0.3) is 0 Å². The minimum absolute atomic E-state index is 0.0464. The summed E-state index contributed by atoms with van der Waals surface area (Å²) in [4.78, 5) is 30.2. The molecule has 170 valence electrons. The Morgan fingerprint density at radius 3 is 1.91 bits per heavy atom. The number of amides is 2. The molecule has 0 radical (unpaired) electrons. The van der Waals surface area contributed by atoms with Gasteiger partial charge in [-0.15, -0.1) is 0 Å². The number of carbonyl (C=O) groups excluding carboxylic acids is 2. The number of carbonyl (C=O) groups is 2. The Balaban J connectivity index is 1.43. The van der Waals surface area contributed by atoms with Crippen LogP contribution in [0.4, 0.5) is 0 Å². The van der Waals surface area contributed by atoms with Gasteiger partial charge in [0, 0.05) is 57.5 Å². The molecule has 2 amide bonds. The van der Waals surface area contributed by atoms with E-state index < -0.39 is 0 Å². The molecule has 0 unspecified atom stereocenters. The summed E-state index contributed by atoms with van der Waals surface area (Å²) in [5.41, 5.74) is 4.88. The maximum absolute atomic E-state index is 13.4. The highest BCUT2D eigenvalue weighted by Crippen LogP contribution is 2.33. The third-order valence-corrected chi connectivity index (χ3v) is 7.13. The third-order valence-electron chi connectivity index (χ3n) is 7.13. The van der Waals surface area contributed by atoms with E-state index >= 15 is 0 Å². The number of piperidine rings is 1. The first-order chi connectivity index (χ1) is 15.5. The number of nitrogens with one attached hydrogen (secondary N) is 1. The Kier molecular flexibility index (Phi) is 7.26. The van der Waals surface area contributed by atoms with E-state index in [0.717, 1.165) is 39.0 Å². The molecule has 1 N–H and O–H groups in total. The van der Waals surface area contributed by atoms with E-state index in [1.54, 1.807) is 0 Å². The summed E-state index contributed by atoms with van der Waals surface area (Å²) in [7, 11) is 0. The molecule has 2 aliphatic rings. The SMILES string of the molecule is Cc1ccccc1C(CC(=O)N1CCC(C(=O)N2CCNCC2)CC1)c1ccccc1C. The second-order valence-corrected chi connectivity index (χ2v) is 9.20. The molecule has 2 aliphatic heterocycles. The molecule has 2 heterocycles. The fraction of sp³-hybridized carbons (Fsp3) is 0.481. The largest absolute Gasteiger partial charge is 0.343 e. The van der Waals surface area contributed by atoms with E-state index in [9.17, 15) is 9.59 Å². The van der Waals surface area contributed by atoms with Crippen LogP contribution in [0.25, 0.3) is 0 Å². The standard InChI is InChI=1S/C27H35N3O2/c1-20-7-3-5-9-23(20)25(24-10-6-4-8-21(24)2)19-26(31)29-15-11-22(12-16-29)27(32)30-17-13-28-14-18-30/h3-10,22,25,28H,11-19H2,1-2H3. The minimum atomic E-state index is 0.0464. The van der Waals surface area contributed by atoms with Crippen LogP contribution in [0.2, 0.25) is 0 Å². The maximum Gasteiger partial charge on any atom is 0.225 e.